The lowest BCUT2D eigenvalue weighted by molar-refractivity contribution is 0.807. The van der Waals surface area contributed by atoms with Gasteiger partial charge in [0.15, 0.2) is 5.82 Å². The molecule has 0 saturated carbocycles. The minimum atomic E-state index is 0.294. The van der Waals surface area contributed by atoms with Crippen LogP contribution >= 0.6 is 34.2 Å². The summed E-state index contributed by atoms with van der Waals surface area (Å²) in [4.78, 5) is 16.7. The fourth-order valence-corrected chi connectivity index (χ4v) is 2.40. The van der Waals surface area contributed by atoms with Gasteiger partial charge in [-0.25, -0.2) is 19.9 Å². The van der Waals surface area contributed by atoms with Crippen molar-refractivity contribution in [3.05, 3.63) is 33.0 Å². The molecule has 2 rings (SSSR count). The Morgan fingerprint density at radius 2 is 2.06 bits per heavy atom. The SMILES string of the molecule is CC(C)c1nc(-c2ccncn2)nc(Cl)c1I. The molecule has 0 N–H and O–H groups in total. The van der Waals surface area contributed by atoms with E-state index in [1.807, 2.05) is 0 Å². The molecular formula is C11H10ClIN4. The van der Waals surface area contributed by atoms with E-state index in [1.165, 1.54) is 6.33 Å². The van der Waals surface area contributed by atoms with Crippen LogP contribution in [0.2, 0.25) is 5.15 Å². The summed E-state index contributed by atoms with van der Waals surface area (Å²) in [6, 6.07) is 1.77. The van der Waals surface area contributed by atoms with E-state index in [2.05, 4.69) is 56.4 Å². The predicted octanol–water partition coefficient (Wildman–Crippen LogP) is 3.32. The van der Waals surface area contributed by atoms with Crippen molar-refractivity contribution < 1.29 is 0 Å². The maximum absolute atomic E-state index is 6.11. The van der Waals surface area contributed by atoms with Gasteiger partial charge in [0.25, 0.3) is 0 Å². The van der Waals surface area contributed by atoms with Gasteiger partial charge >= 0.3 is 0 Å². The summed E-state index contributed by atoms with van der Waals surface area (Å²) in [5, 5.41) is 0.470. The van der Waals surface area contributed by atoms with E-state index in [9.17, 15) is 0 Å². The Balaban J connectivity index is 2.57. The van der Waals surface area contributed by atoms with Gasteiger partial charge in [-0.05, 0) is 34.6 Å². The predicted molar refractivity (Wildman–Crippen MR) is 74.9 cm³/mol. The molecule has 0 spiro atoms. The Bertz CT molecular complexity index is 530. The zero-order valence-corrected chi connectivity index (χ0v) is 12.3. The molecule has 2 heterocycles. The fraction of sp³-hybridized carbons (Fsp3) is 0.273. The number of rotatable bonds is 2. The number of aromatic nitrogens is 4. The Labute approximate surface area is 118 Å². The number of hydrogen-bond donors (Lipinski definition) is 0. The maximum atomic E-state index is 6.11. The Morgan fingerprint density at radius 3 is 2.65 bits per heavy atom. The van der Waals surface area contributed by atoms with Gasteiger partial charge in [0.2, 0.25) is 0 Å². The lowest BCUT2D eigenvalue weighted by atomic mass is 10.1. The molecule has 0 aliphatic carbocycles. The van der Waals surface area contributed by atoms with E-state index >= 15 is 0 Å². The Hall–Kier alpha value is -0.820. The van der Waals surface area contributed by atoms with Crippen molar-refractivity contribution in [3.63, 3.8) is 0 Å². The van der Waals surface area contributed by atoms with Crippen LogP contribution in [0.15, 0.2) is 18.6 Å². The van der Waals surface area contributed by atoms with Gasteiger partial charge in [-0.3, -0.25) is 0 Å². The molecule has 0 radical (unpaired) electrons. The molecule has 0 amide bonds. The van der Waals surface area contributed by atoms with Crippen molar-refractivity contribution in [2.45, 2.75) is 19.8 Å². The number of halogens is 2. The molecule has 0 atom stereocenters. The third-order valence-corrected chi connectivity index (χ3v) is 3.85. The highest BCUT2D eigenvalue weighted by molar-refractivity contribution is 14.1. The molecule has 2 aromatic rings. The van der Waals surface area contributed by atoms with E-state index in [0.29, 0.717) is 22.6 Å². The maximum Gasteiger partial charge on any atom is 0.180 e. The van der Waals surface area contributed by atoms with E-state index in [0.717, 1.165) is 9.26 Å². The van der Waals surface area contributed by atoms with Crippen molar-refractivity contribution in [2.24, 2.45) is 0 Å². The normalized spacial score (nSPS) is 10.9. The summed E-state index contributed by atoms with van der Waals surface area (Å²) >= 11 is 8.28. The first-order valence-electron chi connectivity index (χ1n) is 5.09. The van der Waals surface area contributed by atoms with Crippen LogP contribution in [0.4, 0.5) is 0 Å². The van der Waals surface area contributed by atoms with Gasteiger partial charge in [-0.2, -0.15) is 0 Å². The first kappa shape index (κ1) is 12.6. The molecule has 0 aliphatic heterocycles. The first-order chi connectivity index (χ1) is 8.09. The summed E-state index contributed by atoms with van der Waals surface area (Å²) in [6.45, 7) is 4.15. The molecule has 0 aliphatic rings. The monoisotopic (exact) mass is 360 g/mol. The zero-order chi connectivity index (χ0) is 12.4. The van der Waals surface area contributed by atoms with Crippen LogP contribution in [0.25, 0.3) is 11.5 Å². The van der Waals surface area contributed by atoms with Gasteiger partial charge < -0.3 is 0 Å². The third-order valence-electron chi connectivity index (χ3n) is 2.19. The first-order valence-corrected chi connectivity index (χ1v) is 6.54. The standard InChI is InChI=1S/C11H10ClIN4/c1-6(2)9-8(13)10(12)17-11(16-9)7-3-4-14-5-15-7/h3-6H,1-2H3. The molecule has 0 unspecified atom stereocenters. The second-order valence-corrected chi connectivity index (χ2v) is 5.22. The van der Waals surface area contributed by atoms with Crippen molar-refractivity contribution in [1.29, 1.82) is 0 Å². The van der Waals surface area contributed by atoms with Crippen LogP contribution in [-0.2, 0) is 0 Å². The third kappa shape index (κ3) is 2.71. The average molecular weight is 361 g/mol. The van der Waals surface area contributed by atoms with Crippen molar-refractivity contribution in [2.75, 3.05) is 0 Å². The van der Waals surface area contributed by atoms with Crippen LogP contribution < -0.4 is 0 Å². The van der Waals surface area contributed by atoms with E-state index in [4.69, 9.17) is 11.6 Å². The van der Waals surface area contributed by atoms with E-state index in [1.54, 1.807) is 12.3 Å². The molecule has 2 aromatic heterocycles. The largest absolute Gasteiger partial charge is 0.245 e. The quantitative estimate of drug-likeness (QED) is 0.609. The van der Waals surface area contributed by atoms with Crippen LogP contribution in [0.5, 0.6) is 0 Å². The van der Waals surface area contributed by atoms with Crippen LogP contribution in [-0.4, -0.2) is 19.9 Å². The molecule has 6 heteroatoms. The molecule has 88 valence electrons. The van der Waals surface area contributed by atoms with Crippen molar-refractivity contribution in [3.8, 4) is 11.5 Å². The second-order valence-electron chi connectivity index (χ2n) is 3.79. The highest BCUT2D eigenvalue weighted by Gasteiger charge is 2.14. The topological polar surface area (TPSA) is 51.6 Å². The molecule has 0 aromatic carbocycles. The van der Waals surface area contributed by atoms with Crippen LogP contribution in [0, 0.1) is 3.57 Å². The highest BCUT2D eigenvalue weighted by Crippen LogP contribution is 2.27. The summed E-state index contributed by atoms with van der Waals surface area (Å²) < 4.78 is 0.900. The van der Waals surface area contributed by atoms with E-state index < -0.39 is 0 Å². The van der Waals surface area contributed by atoms with Gasteiger partial charge in [0, 0.05) is 6.20 Å². The molecule has 17 heavy (non-hydrogen) atoms. The molecular weight excluding hydrogens is 351 g/mol. The van der Waals surface area contributed by atoms with Gasteiger partial charge in [-0.1, -0.05) is 25.4 Å². The molecule has 4 nitrogen and oxygen atoms in total. The summed E-state index contributed by atoms with van der Waals surface area (Å²) in [6.07, 6.45) is 3.13. The highest BCUT2D eigenvalue weighted by atomic mass is 127. The van der Waals surface area contributed by atoms with E-state index in [-0.39, 0.29) is 0 Å². The van der Waals surface area contributed by atoms with Gasteiger partial charge in [0.05, 0.1) is 9.26 Å². The van der Waals surface area contributed by atoms with Crippen molar-refractivity contribution in [1.82, 2.24) is 19.9 Å². The van der Waals surface area contributed by atoms with Gasteiger partial charge in [0.1, 0.15) is 17.2 Å². The minimum absolute atomic E-state index is 0.294. The minimum Gasteiger partial charge on any atom is -0.245 e. The Morgan fingerprint density at radius 1 is 1.29 bits per heavy atom. The number of hydrogen-bond acceptors (Lipinski definition) is 4. The lowest BCUT2D eigenvalue weighted by Gasteiger charge is -2.10. The average Bonchev–Trinajstić information content (AvgIpc) is 2.33. The second kappa shape index (κ2) is 5.22. The fourth-order valence-electron chi connectivity index (χ4n) is 1.36. The smallest absolute Gasteiger partial charge is 0.180 e. The lowest BCUT2D eigenvalue weighted by Crippen LogP contribution is -2.03. The molecule has 0 saturated heterocycles. The summed E-state index contributed by atoms with van der Waals surface area (Å²) in [5.74, 6) is 0.838. The molecule has 0 fully saturated rings. The van der Waals surface area contributed by atoms with Gasteiger partial charge in [-0.15, -0.1) is 0 Å². The van der Waals surface area contributed by atoms with Crippen LogP contribution in [0.1, 0.15) is 25.5 Å². The summed E-state index contributed by atoms with van der Waals surface area (Å²) in [5.41, 5.74) is 1.62. The van der Waals surface area contributed by atoms with Crippen LogP contribution in [0.3, 0.4) is 0 Å². The zero-order valence-electron chi connectivity index (χ0n) is 9.35. The Kier molecular flexibility index (Phi) is 3.88. The number of nitrogens with zero attached hydrogens (tertiary/aromatic N) is 4. The molecule has 0 bridgehead atoms. The van der Waals surface area contributed by atoms with Crippen molar-refractivity contribution >= 4 is 34.2 Å². The summed E-state index contributed by atoms with van der Waals surface area (Å²) in [7, 11) is 0.